The average molecular weight is 324 g/mol. The molecule has 1 aliphatic rings. The van der Waals surface area contributed by atoms with Gasteiger partial charge >= 0.3 is 5.97 Å². The Bertz CT molecular complexity index is 795. The summed E-state index contributed by atoms with van der Waals surface area (Å²) < 4.78 is 10.7. The van der Waals surface area contributed by atoms with E-state index in [1.165, 1.54) is 7.11 Å². The second-order valence-electron chi connectivity index (χ2n) is 5.40. The largest absolute Gasteiger partial charge is 0.501 e. The van der Waals surface area contributed by atoms with E-state index in [0.29, 0.717) is 11.1 Å². The van der Waals surface area contributed by atoms with Crippen molar-refractivity contribution in [1.82, 2.24) is 0 Å². The fraction of sp³-hybridized carbons (Fsp3) is 0.158. The lowest BCUT2D eigenvalue weighted by molar-refractivity contribution is -0.185. The summed E-state index contributed by atoms with van der Waals surface area (Å²) in [7, 11) is 1.34. The minimum absolute atomic E-state index is 0.167. The van der Waals surface area contributed by atoms with Crippen molar-refractivity contribution in [1.29, 1.82) is 0 Å². The highest BCUT2D eigenvalue weighted by molar-refractivity contribution is 6.05. The van der Waals surface area contributed by atoms with Crippen LogP contribution in [0, 0.1) is 0 Å². The summed E-state index contributed by atoms with van der Waals surface area (Å²) in [5, 5.41) is 10.2. The van der Waals surface area contributed by atoms with Gasteiger partial charge in [-0.1, -0.05) is 60.7 Å². The van der Waals surface area contributed by atoms with E-state index in [9.17, 15) is 14.7 Å². The molecule has 24 heavy (non-hydrogen) atoms. The van der Waals surface area contributed by atoms with Crippen LogP contribution in [-0.4, -0.2) is 29.8 Å². The highest BCUT2D eigenvalue weighted by atomic mass is 16.7. The Hall–Kier alpha value is -2.92. The number of hydrogen-bond acceptors (Lipinski definition) is 5. The fourth-order valence-corrected chi connectivity index (χ4v) is 2.77. The Morgan fingerprint density at radius 3 is 2.25 bits per heavy atom. The smallest absolute Gasteiger partial charge is 0.376 e. The number of carbonyl (C=O) groups excluding carboxylic acids is 2. The van der Waals surface area contributed by atoms with Crippen LogP contribution in [0.2, 0.25) is 0 Å². The first-order valence-electron chi connectivity index (χ1n) is 7.43. The monoisotopic (exact) mass is 324 g/mol. The molecule has 0 saturated heterocycles. The predicted molar refractivity (Wildman–Crippen MR) is 87.2 cm³/mol. The van der Waals surface area contributed by atoms with Crippen LogP contribution < -0.4 is 0 Å². The fourth-order valence-electron chi connectivity index (χ4n) is 2.77. The molecule has 0 amide bonds. The Morgan fingerprint density at radius 1 is 1.08 bits per heavy atom. The lowest BCUT2D eigenvalue weighted by atomic mass is 9.92. The molecule has 122 valence electrons. The molecule has 0 fully saturated rings. The van der Waals surface area contributed by atoms with Crippen molar-refractivity contribution >= 4 is 17.3 Å². The summed E-state index contributed by atoms with van der Waals surface area (Å²) in [5.74, 6) is -3.34. The molecule has 0 aliphatic carbocycles. The van der Waals surface area contributed by atoms with Crippen molar-refractivity contribution < 1.29 is 24.2 Å². The summed E-state index contributed by atoms with van der Waals surface area (Å²) in [4.78, 5) is 24.5. The minimum Gasteiger partial charge on any atom is -0.501 e. The van der Waals surface area contributed by atoms with Crippen molar-refractivity contribution in [3.63, 3.8) is 0 Å². The molecule has 5 heteroatoms. The summed E-state index contributed by atoms with van der Waals surface area (Å²) in [6.45, 7) is 0. The van der Waals surface area contributed by atoms with Gasteiger partial charge in [-0.05, 0) is 5.56 Å². The molecule has 0 radical (unpaired) electrons. The molecule has 2 aromatic carbocycles. The first kappa shape index (κ1) is 16.0. The number of Topliss-reactive ketones (excluding diaryl/α,β-unsaturated/α-hetero) is 1. The van der Waals surface area contributed by atoms with Crippen LogP contribution in [0.3, 0.4) is 0 Å². The molecule has 2 aromatic rings. The topological polar surface area (TPSA) is 72.8 Å². The molecule has 5 nitrogen and oxygen atoms in total. The molecule has 1 unspecified atom stereocenters. The van der Waals surface area contributed by atoms with Gasteiger partial charge in [0.25, 0.3) is 5.79 Å². The summed E-state index contributed by atoms with van der Waals surface area (Å²) in [5.41, 5.74) is 1.20. The summed E-state index contributed by atoms with van der Waals surface area (Å²) in [6, 6.07) is 17.4. The Labute approximate surface area is 139 Å². The maximum Gasteiger partial charge on any atom is 0.376 e. The first-order valence-corrected chi connectivity index (χ1v) is 7.43. The van der Waals surface area contributed by atoms with E-state index in [1.54, 1.807) is 54.6 Å². The van der Waals surface area contributed by atoms with Crippen LogP contribution in [0.15, 0.2) is 66.4 Å². The van der Waals surface area contributed by atoms with Crippen LogP contribution in [0.1, 0.15) is 22.3 Å². The first-order chi connectivity index (χ1) is 11.6. The molecule has 0 saturated carbocycles. The Kier molecular flexibility index (Phi) is 4.18. The van der Waals surface area contributed by atoms with E-state index in [1.807, 2.05) is 6.07 Å². The van der Waals surface area contributed by atoms with Crippen LogP contribution in [-0.2, 0) is 14.3 Å². The third-order valence-electron chi connectivity index (χ3n) is 3.95. The molecule has 1 heterocycles. The number of methoxy groups -OCH3 is 1. The number of carbonyl (C=O) groups is 2. The maximum atomic E-state index is 12.6. The van der Waals surface area contributed by atoms with E-state index in [0.717, 1.165) is 0 Å². The maximum absolute atomic E-state index is 12.6. The van der Waals surface area contributed by atoms with Crippen molar-refractivity contribution in [2.45, 2.75) is 12.2 Å². The van der Waals surface area contributed by atoms with E-state index >= 15 is 0 Å². The molecule has 1 N–H and O–H groups in total. The number of cyclic esters (lactones) is 1. The third-order valence-corrected chi connectivity index (χ3v) is 3.95. The van der Waals surface area contributed by atoms with Gasteiger partial charge in [0, 0.05) is 12.7 Å². The second kappa shape index (κ2) is 6.29. The average Bonchev–Trinajstić information content (AvgIpc) is 2.87. The number of rotatable bonds is 5. The van der Waals surface area contributed by atoms with E-state index in [2.05, 4.69) is 0 Å². The zero-order chi connectivity index (χ0) is 17.2. The van der Waals surface area contributed by atoms with Crippen molar-refractivity contribution in [3.05, 3.63) is 77.5 Å². The quantitative estimate of drug-likeness (QED) is 0.676. The minimum atomic E-state index is -1.64. The summed E-state index contributed by atoms with van der Waals surface area (Å²) in [6.07, 6.45) is -0.229. The normalized spacial score (nSPS) is 20.1. The van der Waals surface area contributed by atoms with Gasteiger partial charge in [-0.15, -0.1) is 0 Å². The Balaban J connectivity index is 2.02. The van der Waals surface area contributed by atoms with E-state index < -0.39 is 17.5 Å². The number of aliphatic hydroxyl groups excluding tert-OH is 1. The lowest BCUT2D eigenvalue weighted by Gasteiger charge is -2.28. The van der Waals surface area contributed by atoms with Crippen LogP contribution in [0.5, 0.6) is 0 Å². The third kappa shape index (κ3) is 2.70. The van der Waals surface area contributed by atoms with Crippen LogP contribution in [0.25, 0.3) is 5.57 Å². The number of esters is 1. The van der Waals surface area contributed by atoms with Gasteiger partial charge in [-0.2, -0.15) is 0 Å². The van der Waals surface area contributed by atoms with Gasteiger partial charge in [-0.3, -0.25) is 4.79 Å². The lowest BCUT2D eigenvalue weighted by Crippen LogP contribution is -2.36. The Morgan fingerprint density at radius 2 is 1.67 bits per heavy atom. The molecule has 1 aliphatic heterocycles. The molecule has 1 atom stereocenters. The van der Waals surface area contributed by atoms with Crippen molar-refractivity contribution in [2.24, 2.45) is 0 Å². The summed E-state index contributed by atoms with van der Waals surface area (Å²) >= 11 is 0. The van der Waals surface area contributed by atoms with Gasteiger partial charge in [-0.25, -0.2) is 4.79 Å². The van der Waals surface area contributed by atoms with Gasteiger partial charge in [0.15, 0.2) is 5.78 Å². The standard InChI is InChI=1S/C19H16O5/c1-23-19(12-15(20)13-8-4-2-5-9-13)16(17(21)18(22)24-19)14-10-6-3-7-11-14/h2-11,21H,12H2,1H3. The molecular formula is C19H16O5. The van der Waals surface area contributed by atoms with Gasteiger partial charge in [0.2, 0.25) is 5.76 Å². The highest BCUT2D eigenvalue weighted by Gasteiger charge is 2.50. The zero-order valence-electron chi connectivity index (χ0n) is 13.1. The second-order valence-corrected chi connectivity index (χ2v) is 5.40. The molecular weight excluding hydrogens is 308 g/mol. The van der Waals surface area contributed by atoms with Crippen molar-refractivity contribution in [2.75, 3.05) is 7.11 Å². The number of ether oxygens (including phenoxy) is 2. The molecule has 0 bridgehead atoms. The van der Waals surface area contributed by atoms with Gasteiger partial charge < -0.3 is 14.6 Å². The van der Waals surface area contributed by atoms with E-state index in [-0.39, 0.29) is 17.8 Å². The molecule has 0 aromatic heterocycles. The zero-order valence-corrected chi connectivity index (χ0v) is 13.1. The van der Waals surface area contributed by atoms with Crippen LogP contribution >= 0.6 is 0 Å². The SMILES string of the molecule is COC1(CC(=O)c2ccccc2)OC(=O)C(O)=C1c1ccccc1. The van der Waals surface area contributed by atoms with E-state index in [4.69, 9.17) is 9.47 Å². The highest BCUT2D eigenvalue weighted by Crippen LogP contribution is 2.42. The molecule has 0 spiro atoms. The van der Waals surface area contributed by atoms with Crippen LogP contribution in [0.4, 0.5) is 0 Å². The number of ketones is 1. The van der Waals surface area contributed by atoms with Crippen molar-refractivity contribution in [3.8, 4) is 0 Å². The number of aliphatic hydroxyl groups is 1. The number of benzene rings is 2. The van der Waals surface area contributed by atoms with Gasteiger partial charge in [0.05, 0.1) is 12.0 Å². The van der Waals surface area contributed by atoms with Gasteiger partial charge in [0.1, 0.15) is 0 Å². The number of hydrogen-bond donors (Lipinski definition) is 1. The predicted octanol–water partition coefficient (Wildman–Crippen LogP) is 3.13. The molecule has 3 rings (SSSR count).